The molecule has 1 aliphatic heterocycles. The Bertz CT molecular complexity index is 435. The topological polar surface area (TPSA) is 90.0 Å². The van der Waals surface area contributed by atoms with E-state index in [0.717, 1.165) is 0 Å². The fourth-order valence-electron chi connectivity index (χ4n) is 1.91. The van der Waals surface area contributed by atoms with Crippen molar-refractivity contribution in [3.05, 3.63) is 0 Å². The molecule has 0 aromatic heterocycles. The molecule has 0 radical (unpaired) electrons. The Morgan fingerprint density at radius 2 is 1.45 bits per heavy atom. The summed E-state index contributed by atoms with van der Waals surface area (Å²) in [7, 11) is 0. The summed E-state index contributed by atoms with van der Waals surface area (Å²) in [5.41, 5.74) is -0.490. The summed E-state index contributed by atoms with van der Waals surface area (Å²) < 4.78 is 5.17. The predicted molar refractivity (Wildman–Crippen MR) is 76.1 cm³/mol. The van der Waals surface area contributed by atoms with Crippen molar-refractivity contribution in [3.63, 3.8) is 0 Å². The van der Waals surface area contributed by atoms with E-state index >= 15 is 0 Å². The average Bonchev–Trinajstić information content (AvgIpc) is 2.68. The lowest BCUT2D eigenvalue weighted by Gasteiger charge is -2.19. The van der Waals surface area contributed by atoms with Crippen molar-refractivity contribution in [2.75, 3.05) is 0 Å². The van der Waals surface area contributed by atoms with E-state index in [0.29, 0.717) is 30.7 Å². The third-order valence-corrected chi connectivity index (χ3v) is 2.88. The second-order valence-corrected chi connectivity index (χ2v) is 6.19. The molecule has 1 rings (SSSR count). The molecule has 7 nitrogen and oxygen atoms in total. The third-order valence-electron chi connectivity index (χ3n) is 2.88. The molecule has 2 amide bonds. The second kappa shape index (κ2) is 7.91. The van der Waals surface area contributed by atoms with Gasteiger partial charge in [0.25, 0.3) is 11.8 Å². The van der Waals surface area contributed by atoms with Gasteiger partial charge in [-0.15, -0.1) is 5.06 Å². The van der Waals surface area contributed by atoms with E-state index < -0.39 is 23.4 Å². The standard InChI is InChI=1S/C15H23NO6/c1-15(2,3)21-13(19)7-5-4-6-8-14(20)22-16-11(17)9-10-12(16)18/h4-10H2,1-3H3. The highest BCUT2D eigenvalue weighted by Crippen LogP contribution is 2.14. The van der Waals surface area contributed by atoms with Crippen molar-refractivity contribution in [2.24, 2.45) is 0 Å². The first-order valence-corrected chi connectivity index (χ1v) is 7.47. The molecule has 0 saturated carbocycles. The number of nitrogens with zero attached hydrogens (tertiary/aromatic N) is 1. The zero-order valence-corrected chi connectivity index (χ0v) is 13.3. The highest BCUT2D eigenvalue weighted by molar-refractivity contribution is 6.01. The minimum absolute atomic E-state index is 0.0853. The van der Waals surface area contributed by atoms with Gasteiger partial charge in [-0.2, -0.15) is 0 Å². The fourth-order valence-corrected chi connectivity index (χ4v) is 1.91. The maximum atomic E-state index is 11.5. The van der Waals surface area contributed by atoms with Crippen LogP contribution >= 0.6 is 0 Å². The number of carbonyl (C=O) groups is 4. The van der Waals surface area contributed by atoms with Crippen molar-refractivity contribution < 1.29 is 28.8 Å². The molecule has 0 atom stereocenters. The molecule has 22 heavy (non-hydrogen) atoms. The fraction of sp³-hybridized carbons (Fsp3) is 0.733. The van der Waals surface area contributed by atoms with E-state index in [1.54, 1.807) is 0 Å². The monoisotopic (exact) mass is 313 g/mol. The molecule has 0 aromatic rings. The van der Waals surface area contributed by atoms with Gasteiger partial charge in [0.2, 0.25) is 0 Å². The van der Waals surface area contributed by atoms with Crippen LogP contribution in [0.2, 0.25) is 0 Å². The molecule has 0 spiro atoms. The van der Waals surface area contributed by atoms with Crippen LogP contribution in [0.4, 0.5) is 0 Å². The summed E-state index contributed by atoms with van der Waals surface area (Å²) in [6.45, 7) is 5.42. The molecule has 7 heteroatoms. The van der Waals surface area contributed by atoms with Crippen LogP contribution in [0.1, 0.15) is 65.7 Å². The Kier molecular flexibility index (Phi) is 6.52. The number of imide groups is 1. The predicted octanol–water partition coefficient (Wildman–Crippen LogP) is 1.89. The summed E-state index contributed by atoms with van der Waals surface area (Å²) in [5.74, 6) is -1.84. The zero-order chi connectivity index (χ0) is 16.8. The number of hydroxylamine groups is 2. The van der Waals surface area contributed by atoms with Crippen LogP contribution in [0.5, 0.6) is 0 Å². The van der Waals surface area contributed by atoms with Crippen molar-refractivity contribution in [1.82, 2.24) is 5.06 Å². The molecule has 0 bridgehead atoms. The van der Waals surface area contributed by atoms with Gasteiger partial charge in [0.05, 0.1) is 0 Å². The van der Waals surface area contributed by atoms with Crippen LogP contribution in [0.3, 0.4) is 0 Å². The SMILES string of the molecule is CC(C)(C)OC(=O)CCCCCC(=O)ON1C(=O)CCC1=O. The number of hydrogen-bond acceptors (Lipinski definition) is 6. The maximum absolute atomic E-state index is 11.5. The number of rotatable bonds is 7. The van der Waals surface area contributed by atoms with Crippen molar-refractivity contribution in [3.8, 4) is 0 Å². The van der Waals surface area contributed by atoms with Crippen LogP contribution in [0.15, 0.2) is 0 Å². The van der Waals surface area contributed by atoms with E-state index in [2.05, 4.69) is 0 Å². The Morgan fingerprint density at radius 1 is 0.955 bits per heavy atom. The highest BCUT2D eigenvalue weighted by atomic mass is 16.7. The Balaban J connectivity index is 2.12. The highest BCUT2D eigenvalue weighted by Gasteiger charge is 2.32. The Morgan fingerprint density at radius 3 is 1.95 bits per heavy atom. The molecule has 0 unspecified atom stereocenters. The lowest BCUT2D eigenvalue weighted by molar-refractivity contribution is -0.197. The van der Waals surface area contributed by atoms with Gasteiger partial charge in [0, 0.05) is 25.7 Å². The molecule has 1 fully saturated rings. The van der Waals surface area contributed by atoms with Crippen molar-refractivity contribution >= 4 is 23.8 Å². The molecule has 1 heterocycles. The van der Waals surface area contributed by atoms with Crippen molar-refractivity contribution in [1.29, 1.82) is 0 Å². The molecule has 0 N–H and O–H groups in total. The number of unbranched alkanes of at least 4 members (excludes halogenated alkanes) is 2. The quantitative estimate of drug-likeness (QED) is 0.405. The molecular formula is C15H23NO6. The molecule has 0 aromatic carbocycles. The van der Waals surface area contributed by atoms with Gasteiger partial charge in [0.15, 0.2) is 0 Å². The summed E-state index contributed by atoms with van der Waals surface area (Å²) in [6.07, 6.45) is 2.38. The van der Waals surface area contributed by atoms with E-state index in [4.69, 9.17) is 9.57 Å². The van der Waals surface area contributed by atoms with Gasteiger partial charge in [0.1, 0.15) is 5.60 Å². The summed E-state index contributed by atoms with van der Waals surface area (Å²) in [5, 5.41) is 0.545. The second-order valence-electron chi connectivity index (χ2n) is 6.19. The number of esters is 1. The smallest absolute Gasteiger partial charge is 0.333 e. The molecule has 0 aliphatic carbocycles. The van der Waals surface area contributed by atoms with Crippen molar-refractivity contribution in [2.45, 2.75) is 71.3 Å². The zero-order valence-electron chi connectivity index (χ0n) is 13.3. The first kappa shape index (κ1) is 18.1. The van der Waals surface area contributed by atoms with E-state index in [9.17, 15) is 19.2 Å². The van der Waals surface area contributed by atoms with E-state index in [-0.39, 0.29) is 25.2 Å². The lowest BCUT2D eigenvalue weighted by atomic mass is 10.1. The maximum Gasteiger partial charge on any atom is 0.333 e. The third kappa shape index (κ3) is 6.69. The first-order chi connectivity index (χ1) is 10.2. The van der Waals surface area contributed by atoms with Crippen LogP contribution in [0.25, 0.3) is 0 Å². The number of amides is 2. The van der Waals surface area contributed by atoms with Gasteiger partial charge in [-0.3, -0.25) is 14.4 Å². The van der Waals surface area contributed by atoms with E-state index in [1.165, 1.54) is 0 Å². The number of hydrogen-bond donors (Lipinski definition) is 0. The van der Waals surface area contributed by atoms with Crippen LogP contribution in [-0.2, 0) is 28.8 Å². The van der Waals surface area contributed by atoms with Crippen LogP contribution in [-0.4, -0.2) is 34.4 Å². The van der Waals surface area contributed by atoms with Crippen LogP contribution in [0, 0.1) is 0 Å². The lowest BCUT2D eigenvalue weighted by Crippen LogP contribution is -2.31. The minimum Gasteiger partial charge on any atom is -0.460 e. The number of ether oxygens (including phenoxy) is 1. The average molecular weight is 313 g/mol. The van der Waals surface area contributed by atoms with Gasteiger partial charge < -0.3 is 9.57 Å². The summed E-state index contributed by atoms with van der Waals surface area (Å²) in [6, 6.07) is 0. The van der Waals surface area contributed by atoms with Crippen LogP contribution < -0.4 is 0 Å². The molecule has 1 aliphatic rings. The first-order valence-electron chi connectivity index (χ1n) is 7.47. The normalized spacial score (nSPS) is 15.1. The molecule has 1 saturated heterocycles. The van der Waals surface area contributed by atoms with E-state index in [1.807, 2.05) is 20.8 Å². The number of carbonyl (C=O) groups excluding carboxylic acids is 4. The largest absolute Gasteiger partial charge is 0.460 e. The molecular weight excluding hydrogens is 290 g/mol. The van der Waals surface area contributed by atoms with Gasteiger partial charge in [-0.05, 0) is 33.6 Å². The van der Waals surface area contributed by atoms with Gasteiger partial charge >= 0.3 is 11.9 Å². The molecule has 124 valence electrons. The van der Waals surface area contributed by atoms with Gasteiger partial charge in [-0.25, -0.2) is 4.79 Å². The summed E-state index contributed by atoms with van der Waals surface area (Å²) >= 11 is 0. The Hall–Kier alpha value is -1.92. The summed E-state index contributed by atoms with van der Waals surface area (Å²) in [4.78, 5) is 50.2. The van der Waals surface area contributed by atoms with Gasteiger partial charge in [-0.1, -0.05) is 6.42 Å². The minimum atomic E-state index is -0.610. The Labute approximate surface area is 129 Å².